The Morgan fingerprint density at radius 1 is 1.13 bits per heavy atom. The molecule has 1 amide bonds. The average Bonchev–Trinajstić information content (AvgIpc) is 2.60. The van der Waals surface area contributed by atoms with E-state index in [9.17, 15) is 4.79 Å². The lowest BCUT2D eigenvalue weighted by molar-refractivity contribution is 0.102. The molecular weight excluding hydrogens is 294 g/mol. The smallest absolute Gasteiger partial charge is 0.257 e. The second kappa shape index (κ2) is 8.75. The highest BCUT2D eigenvalue weighted by atomic mass is 16.5. The van der Waals surface area contributed by atoms with Crippen molar-refractivity contribution in [2.45, 2.75) is 6.42 Å². The van der Waals surface area contributed by atoms with Crippen molar-refractivity contribution in [1.29, 1.82) is 0 Å². The molecule has 1 aromatic carbocycles. The molecule has 0 saturated heterocycles. The van der Waals surface area contributed by atoms with E-state index in [1.807, 2.05) is 0 Å². The fourth-order valence-electron chi connectivity index (χ4n) is 1.94. The molecule has 0 bridgehead atoms. The minimum atomic E-state index is -0.200. The first-order valence-corrected chi connectivity index (χ1v) is 7.37. The lowest BCUT2D eigenvalue weighted by Gasteiger charge is -2.08. The predicted molar refractivity (Wildman–Crippen MR) is 90.2 cm³/mol. The van der Waals surface area contributed by atoms with Crippen molar-refractivity contribution in [3.63, 3.8) is 0 Å². The van der Waals surface area contributed by atoms with Gasteiger partial charge in [0.05, 0.1) is 12.7 Å². The molecule has 0 unspecified atom stereocenters. The number of anilines is 2. The van der Waals surface area contributed by atoms with Crippen LogP contribution in [0.3, 0.4) is 0 Å². The second-order valence-corrected chi connectivity index (χ2v) is 4.89. The number of rotatable bonds is 8. The minimum absolute atomic E-state index is 0.200. The van der Waals surface area contributed by atoms with Gasteiger partial charge in [-0.3, -0.25) is 4.79 Å². The average molecular weight is 315 g/mol. The quantitative estimate of drug-likeness (QED) is 0.733. The Morgan fingerprint density at radius 2 is 1.91 bits per heavy atom. The number of amides is 1. The summed E-state index contributed by atoms with van der Waals surface area (Å²) in [5.74, 6) is 1.28. The molecule has 2 N–H and O–H groups in total. The first-order valence-electron chi connectivity index (χ1n) is 7.37. The fraction of sp³-hybridized carbons (Fsp3) is 0.294. The first-order chi connectivity index (χ1) is 11.2. The molecule has 0 saturated carbocycles. The van der Waals surface area contributed by atoms with Crippen molar-refractivity contribution in [1.82, 2.24) is 4.98 Å². The van der Waals surface area contributed by atoms with Crippen LogP contribution in [0.15, 0.2) is 42.6 Å². The molecule has 0 aliphatic heterocycles. The van der Waals surface area contributed by atoms with Crippen LogP contribution in [-0.2, 0) is 4.74 Å². The fourth-order valence-corrected chi connectivity index (χ4v) is 1.94. The molecule has 0 spiro atoms. The highest BCUT2D eigenvalue weighted by Crippen LogP contribution is 2.16. The summed E-state index contributed by atoms with van der Waals surface area (Å²) in [6.45, 7) is 1.48. The molecule has 2 rings (SSSR count). The Bertz CT molecular complexity index is 612. The molecule has 0 fully saturated rings. The van der Waals surface area contributed by atoms with Crippen molar-refractivity contribution in [3.8, 4) is 5.75 Å². The molecule has 0 aliphatic carbocycles. The zero-order valence-corrected chi connectivity index (χ0v) is 13.3. The molecule has 122 valence electrons. The number of methoxy groups -OCH3 is 2. The summed E-state index contributed by atoms with van der Waals surface area (Å²) in [6.07, 6.45) is 2.45. The lowest BCUT2D eigenvalue weighted by Crippen LogP contribution is -2.12. The Morgan fingerprint density at radius 3 is 2.52 bits per heavy atom. The van der Waals surface area contributed by atoms with E-state index in [2.05, 4.69) is 15.6 Å². The number of ether oxygens (including phenoxy) is 2. The number of nitrogens with one attached hydrogen (secondary N) is 2. The van der Waals surface area contributed by atoms with Gasteiger partial charge in [-0.15, -0.1) is 0 Å². The zero-order valence-electron chi connectivity index (χ0n) is 13.3. The molecule has 1 aromatic heterocycles. The van der Waals surface area contributed by atoms with E-state index in [1.54, 1.807) is 56.8 Å². The van der Waals surface area contributed by atoms with Gasteiger partial charge >= 0.3 is 0 Å². The SMILES string of the molecule is COCCCNc1ccc(C(=O)Nc2ccc(OC)cc2)cn1. The van der Waals surface area contributed by atoms with Crippen LogP contribution in [0.1, 0.15) is 16.8 Å². The number of aromatic nitrogens is 1. The minimum Gasteiger partial charge on any atom is -0.497 e. The number of nitrogens with zero attached hydrogens (tertiary/aromatic N) is 1. The van der Waals surface area contributed by atoms with E-state index in [-0.39, 0.29) is 5.91 Å². The van der Waals surface area contributed by atoms with Gasteiger partial charge in [-0.1, -0.05) is 0 Å². The molecule has 2 aromatic rings. The Hall–Kier alpha value is -2.60. The third-order valence-electron chi connectivity index (χ3n) is 3.20. The Kier molecular flexibility index (Phi) is 6.38. The van der Waals surface area contributed by atoms with Crippen LogP contribution in [0.2, 0.25) is 0 Å². The van der Waals surface area contributed by atoms with E-state index in [0.717, 1.165) is 24.5 Å². The van der Waals surface area contributed by atoms with Crippen LogP contribution in [0.4, 0.5) is 11.5 Å². The molecule has 1 heterocycles. The monoisotopic (exact) mass is 315 g/mol. The van der Waals surface area contributed by atoms with Crippen LogP contribution >= 0.6 is 0 Å². The molecule has 6 heteroatoms. The number of carbonyl (C=O) groups is 1. The maximum Gasteiger partial charge on any atom is 0.257 e. The van der Waals surface area contributed by atoms with Gasteiger partial charge in [0.1, 0.15) is 11.6 Å². The summed E-state index contributed by atoms with van der Waals surface area (Å²) in [4.78, 5) is 16.4. The van der Waals surface area contributed by atoms with E-state index < -0.39 is 0 Å². The van der Waals surface area contributed by atoms with Crippen molar-refractivity contribution in [2.75, 3.05) is 38.0 Å². The highest BCUT2D eigenvalue weighted by Gasteiger charge is 2.07. The molecule has 6 nitrogen and oxygen atoms in total. The molecule has 0 aliphatic rings. The van der Waals surface area contributed by atoms with Crippen molar-refractivity contribution in [2.24, 2.45) is 0 Å². The zero-order chi connectivity index (χ0) is 16.5. The summed E-state index contributed by atoms with van der Waals surface area (Å²) in [5, 5.41) is 5.99. The maximum absolute atomic E-state index is 12.2. The van der Waals surface area contributed by atoms with E-state index in [0.29, 0.717) is 17.9 Å². The molecule has 0 atom stereocenters. The van der Waals surface area contributed by atoms with Gasteiger partial charge < -0.3 is 20.1 Å². The Labute approximate surface area is 135 Å². The van der Waals surface area contributed by atoms with Crippen LogP contribution < -0.4 is 15.4 Å². The number of pyridine rings is 1. The maximum atomic E-state index is 12.2. The van der Waals surface area contributed by atoms with Crippen molar-refractivity contribution < 1.29 is 14.3 Å². The van der Waals surface area contributed by atoms with Crippen molar-refractivity contribution >= 4 is 17.4 Å². The van der Waals surface area contributed by atoms with Crippen LogP contribution in [0.5, 0.6) is 5.75 Å². The van der Waals surface area contributed by atoms with Gasteiger partial charge in [0.2, 0.25) is 0 Å². The number of hydrogen-bond acceptors (Lipinski definition) is 5. The van der Waals surface area contributed by atoms with Gasteiger partial charge in [-0.25, -0.2) is 4.98 Å². The van der Waals surface area contributed by atoms with Gasteiger partial charge in [0.25, 0.3) is 5.91 Å². The van der Waals surface area contributed by atoms with Gasteiger partial charge in [0.15, 0.2) is 0 Å². The van der Waals surface area contributed by atoms with Crippen LogP contribution in [-0.4, -0.2) is 38.3 Å². The summed E-state index contributed by atoms with van der Waals surface area (Å²) in [6, 6.07) is 10.7. The summed E-state index contributed by atoms with van der Waals surface area (Å²) in [7, 11) is 3.28. The van der Waals surface area contributed by atoms with Gasteiger partial charge in [-0.05, 0) is 42.8 Å². The second-order valence-electron chi connectivity index (χ2n) is 4.89. The van der Waals surface area contributed by atoms with Crippen LogP contribution in [0.25, 0.3) is 0 Å². The van der Waals surface area contributed by atoms with Crippen molar-refractivity contribution in [3.05, 3.63) is 48.2 Å². The summed E-state index contributed by atoms with van der Waals surface area (Å²) in [5.41, 5.74) is 1.21. The topological polar surface area (TPSA) is 72.5 Å². The third kappa shape index (κ3) is 5.27. The van der Waals surface area contributed by atoms with Gasteiger partial charge in [0, 0.05) is 32.1 Å². The van der Waals surface area contributed by atoms with Crippen LogP contribution in [0, 0.1) is 0 Å². The number of carbonyl (C=O) groups excluding carboxylic acids is 1. The van der Waals surface area contributed by atoms with E-state index in [4.69, 9.17) is 9.47 Å². The predicted octanol–water partition coefficient (Wildman–Crippen LogP) is 2.79. The van der Waals surface area contributed by atoms with E-state index >= 15 is 0 Å². The molecular formula is C17H21N3O3. The lowest BCUT2D eigenvalue weighted by atomic mass is 10.2. The Balaban J connectivity index is 1.88. The normalized spacial score (nSPS) is 10.2. The molecule has 0 radical (unpaired) electrons. The third-order valence-corrected chi connectivity index (χ3v) is 3.20. The number of benzene rings is 1. The number of hydrogen-bond donors (Lipinski definition) is 2. The highest BCUT2D eigenvalue weighted by molar-refractivity contribution is 6.04. The first kappa shape index (κ1) is 16.8. The standard InChI is InChI=1S/C17H21N3O3/c1-22-11-3-10-18-16-9-4-13(12-19-16)17(21)20-14-5-7-15(23-2)8-6-14/h4-9,12H,3,10-11H2,1-2H3,(H,18,19)(H,20,21). The van der Waals surface area contributed by atoms with E-state index in [1.165, 1.54) is 0 Å². The molecule has 23 heavy (non-hydrogen) atoms. The summed E-state index contributed by atoms with van der Waals surface area (Å²) < 4.78 is 10.1. The summed E-state index contributed by atoms with van der Waals surface area (Å²) >= 11 is 0. The van der Waals surface area contributed by atoms with Gasteiger partial charge in [-0.2, -0.15) is 0 Å². The largest absolute Gasteiger partial charge is 0.497 e.